The number of para-hydroxylation sites is 2. The number of nitrogens with zero attached hydrogens (tertiary/aromatic N) is 1. The van der Waals surface area contributed by atoms with Crippen LogP contribution < -0.4 is 0 Å². The molecule has 0 saturated heterocycles. The summed E-state index contributed by atoms with van der Waals surface area (Å²) in [6.45, 7) is 2.00. The van der Waals surface area contributed by atoms with Crippen LogP contribution in [0.1, 0.15) is 0 Å². The van der Waals surface area contributed by atoms with Crippen molar-refractivity contribution in [3.63, 3.8) is 0 Å². The lowest BCUT2D eigenvalue weighted by Gasteiger charge is -1.79. The van der Waals surface area contributed by atoms with Crippen LogP contribution in [0, 0.1) is 0 Å². The van der Waals surface area contributed by atoms with Gasteiger partial charge in [-0.25, -0.2) is 4.98 Å². The Morgan fingerprint density at radius 3 is 2.73 bits per heavy atom. The Balaban J connectivity index is 0.000000281. The first-order valence-electron chi connectivity index (χ1n) is 3.04. The number of hydrogen-bond donors (Lipinski definition) is 0. The van der Waals surface area contributed by atoms with E-state index in [1.165, 1.54) is 6.39 Å². The van der Waals surface area contributed by atoms with Gasteiger partial charge in [0.25, 0.3) is 0 Å². The number of rotatable bonds is 0. The highest BCUT2D eigenvalue weighted by molar-refractivity contribution is 5.71. The topological polar surface area (TPSA) is 43.1 Å². The van der Waals surface area contributed by atoms with E-state index in [0.717, 1.165) is 11.1 Å². The SMILES string of the molecule is C=O.c1ccc2ocnc2c1. The van der Waals surface area contributed by atoms with Crippen molar-refractivity contribution in [3.8, 4) is 0 Å². The minimum absolute atomic E-state index is 0.845. The zero-order chi connectivity index (χ0) is 8.10. The van der Waals surface area contributed by atoms with Crippen LogP contribution in [-0.4, -0.2) is 11.8 Å². The molecule has 0 saturated carbocycles. The van der Waals surface area contributed by atoms with Crippen LogP contribution in [0.4, 0.5) is 0 Å². The Labute approximate surface area is 63.7 Å². The van der Waals surface area contributed by atoms with Crippen LogP contribution in [0.2, 0.25) is 0 Å². The fraction of sp³-hybridized carbons (Fsp3) is 0. The molecule has 11 heavy (non-hydrogen) atoms. The van der Waals surface area contributed by atoms with Gasteiger partial charge in [0.1, 0.15) is 12.3 Å². The van der Waals surface area contributed by atoms with E-state index in [9.17, 15) is 0 Å². The zero-order valence-electron chi connectivity index (χ0n) is 5.86. The molecular formula is C8H7NO2. The van der Waals surface area contributed by atoms with Crippen LogP contribution in [0.15, 0.2) is 35.1 Å². The number of hydrogen-bond acceptors (Lipinski definition) is 3. The van der Waals surface area contributed by atoms with Crippen molar-refractivity contribution in [2.24, 2.45) is 0 Å². The second kappa shape index (κ2) is 3.51. The monoisotopic (exact) mass is 149 g/mol. The first kappa shape index (κ1) is 7.47. The quantitative estimate of drug-likeness (QED) is 0.571. The molecule has 0 bridgehead atoms. The fourth-order valence-electron chi connectivity index (χ4n) is 0.803. The second-order valence-corrected chi connectivity index (χ2v) is 1.82. The van der Waals surface area contributed by atoms with Crippen molar-refractivity contribution in [1.29, 1.82) is 0 Å². The Morgan fingerprint density at radius 1 is 1.27 bits per heavy atom. The normalized spacial score (nSPS) is 8.73. The first-order valence-corrected chi connectivity index (χ1v) is 3.04. The van der Waals surface area contributed by atoms with Crippen molar-refractivity contribution in [1.82, 2.24) is 4.98 Å². The van der Waals surface area contributed by atoms with Gasteiger partial charge in [-0.1, -0.05) is 12.1 Å². The molecule has 0 aliphatic carbocycles. The van der Waals surface area contributed by atoms with Gasteiger partial charge in [0, 0.05) is 0 Å². The smallest absolute Gasteiger partial charge is 0.181 e. The van der Waals surface area contributed by atoms with E-state index in [0.29, 0.717) is 0 Å². The third-order valence-electron chi connectivity index (χ3n) is 1.24. The summed E-state index contributed by atoms with van der Waals surface area (Å²) < 4.78 is 5.01. The maximum Gasteiger partial charge on any atom is 0.181 e. The maximum absolute atomic E-state index is 8.00. The van der Waals surface area contributed by atoms with E-state index in [1.807, 2.05) is 31.1 Å². The van der Waals surface area contributed by atoms with Gasteiger partial charge in [0.15, 0.2) is 12.0 Å². The maximum atomic E-state index is 8.00. The van der Waals surface area contributed by atoms with Crippen LogP contribution in [-0.2, 0) is 4.79 Å². The van der Waals surface area contributed by atoms with Crippen molar-refractivity contribution < 1.29 is 9.21 Å². The lowest BCUT2D eigenvalue weighted by Crippen LogP contribution is -1.61. The average molecular weight is 149 g/mol. The lowest BCUT2D eigenvalue weighted by atomic mass is 10.3. The first-order chi connectivity index (χ1) is 5.47. The molecule has 56 valence electrons. The standard InChI is InChI=1S/C7H5NO.CH2O/c1-2-4-7-6(3-1)8-5-9-7;1-2/h1-5H;1H2. The van der Waals surface area contributed by atoms with Gasteiger partial charge in [-0.2, -0.15) is 0 Å². The van der Waals surface area contributed by atoms with E-state index in [1.54, 1.807) is 0 Å². The molecule has 0 spiro atoms. The van der Waals surface area contributed by atoms with Gasteiger partial charge in [0.2, 0.25) is 0 Å². The van der Waals surface area contributed by atoms with E-state index in [4.69, 9.17) is 9.21 Å². The molecule has 3 heteroatoms. The number of carbonyl (C=O) groups excluding carboxylic acids is 1. The molecule has 2 aromatic rings. The predicted octanol–water partition coefficient (Wildman–Crippen LogP) is 1.64. The highest BCUT2D eigenvalue weighted by Crippen LogP contribution is 2.09. The van der Waals surface area contributed by atoms with E-state index in [2.05, 4.69) is 4.98 Å². The summed E-state index contributed by atoms with van der Waals surface area (Å²) in [6, 6.07) is 7.67. The summed E-state index contributed by atoms with van der Waals surface area (Å²) in [6.07, 6.45) is 1.45. The Kier molecular flexibility index (Phi) is 2.38. The van der Waals surface area contributed by atoms with Crippen molar-refractivity contribution >= 4 is 17.9 Å². The van der Waals surface area contributed by atoms with Crippen LogP contribution in [0.5, 0.6) is 0 Å². The fourth-order valence-corrected chi connectivity index (χ4v) is 0.803. The third-order valence-corrected chi connectivity index (χ3v) is 1.24. The van der Waals surface area contributed by atoms with E-state index in [-0.39, 0.29) is 0 Å². The molecule has 0 unspecified atom stereocenters. The predicted molar refractivity (Wildman–Crippen MR) is 41.1 cm³/mol. The highest BCUT2D eigenvalue weighted by atomic mass is 16.3. The molecule has 1 aromatic heterocycles. The Morgan fingerprint density at radius 2 is 2.00 bits per heavy atom. The number of benzene rings is 1. The van der Waals surface area contributed by atoms with Crippen LogP contribution in [0.25, 0.3) is 11.1 Å². The molecule has 0 fully saturated rings. The van der Waals surface area contributed by atoms with Crippen molar-refractivity contribution in [2.75, 3.05) is 0 Å². The number of carbonyl (C=O) groups is 1. The third kappa shape index (κ3) is 1.43. The molecule has 1 aromatic carbocycles. The Hall–Kier alpha value is -1.64. The van der Waals surface area contributed by atoms with Gasteiger partial charge < -0.3 is 9.21 Å². The molecule has 0 radical (unpaired) electrons. The molecular weight excluding hydrogens is 142 g/mol. The largest absolute Gasteiger partial charge is 0.443 e. The summed E-state index contributed by atoms with van der Waals surface area (Å²) >= 11 is 0. The highest BCUT2D eigenvalue weighted by Gasteiger charge is 1.91. The Bertz CT molecular complexity index is 299. The molecule has 0 amide bonds. The van der Waals surface area contributed by atoms with Gasteiger partial charge in [-0.15, -0.1) is 0 Å². The molecule has 1 heterocycles. The molecule has 0 N–H and O–H groups in total. The minimum atomic E-state index is 0.845. The molecule has 2 rings (SSSR count). The van der Waals surface area contributed by atoms with Gasteiger partial charge in [-0.3, -0.25) is 0 Å². The van der Waals surface area contributed by atoms with Crippen LogP contribution in [0.3, 0.4) is 0 Å². The average Bonchev–Trinajstić information content (AvgIpc) is 2.55. The summed E-state index contributed by atoms with van der Waals surface area (Å²) in [5, 5.41) is 0. The summed E-state index contributed by atoms with van der Waals surface area (Å²) in [5.74, 6) is 0. The second-order valence-electron chi connectivity index (χ2n) is 1.82. The summed E-state index contributed by atoms with van der Waals surface area (Å²) in [4.78, 5) is 12.0. The van der Waals surface area contributed by atoms with E-state index >= 15 is 0 Å². The zero-order valence-corrected chi connectivity index (χ0v) is 5.86. The minimum Gasteiger partial charge on any atom is -0.443 e. The summed E-state index contributed by atoms with van der Waals surface area (Å²) in [5.41, 5.74) is 1.76. The van der Waals surface area contributed by atoms with Gasteiger partial charge in [-0.05, 0) is 12.1 Å². The number of oxazole rings is 1. The number of fused-ring (bicyclic) bond motifs is 1. The van der Waals surface area contributed by atoms with Crippen LogP contribution >= 0.6 is 0 Å². The lowest BCUT2D eigenvalue weighted by molar-refractivity contribution is -0.0979. The molecule has 0 aliphatic rings. The van der Waals surface area contributed by atoms with Crippen molar-refractivity contribution in [3.05, 3.63) is 30.7 Å². The molecule has 0 atom stereocenters. The van der Waals surface area contributed by atoms with Crippen molar-refractivity contribution in [2.45, 2.75) is 0 Å². The summed E-state index contributed by atoms with van der Waals surface area (Å²) in [7, 11) is 0. The van der Waals surface area contributed by atoms with Gasteiger partial charge >= 0.3 is 0 Å². The van der Waals surface area contributed by atoms with E-state index < -0.39 is 0 Å². The molecule has 0 aliphatic heterocycles. The number of aromatic nitrogens is 1. The van der Waals surface area contributed by atoms with Gasteiger partial charge in [0.05, 0.1) is 0 Å². The molecule has 3 nitrogen and oxygen atoms in total.